The number of aryl methyl sites for hydroxylation is 2. The minimum atomic E-state index is 1.08. The molecule has 3 heteroatoms. The van der Waals surface area contributed by atoms with Gasteiger partial charge in [0.2, 0.25) is 0 Å². The molecule has 57 heavy (non-hydrogen) atoms. The lowest BCUT2D eigenvalue weighted by Crippen LogP contribution is -1.95. The van der Waals surface area contributed by atoms with Gasteiger partial charge in [0, 0.05) is 45.1 Å². The molecule has 0 saturated carbocycles. The van der Waals surface area contributed by atoms with Gasteiger partial charge >= 0.3 is 0 Å². The molecule has 11 aromatic rings. The first-order valence-corrected chi connectivity index (χ1v) is 19.6. The van der Waals surface area contributed by atoms with Crippen molar-refractivity contribution < 1.29 is 0 Å². The fourth-order valence-corrected chi connectivity index (χ4v) is 9.32. The summed E-state index contributed by atoms with van der Waals surface area (Å²) in [4.78, 5) is 9.98. The third-order valence-electron chi connectivity index (χ3n) is 11.7. The molecule has 0 aliphatic heterocycles. The first-order valence-electron chi connectivity index (χ1n) is 19.6. The van der Waals surface area contributed by atoms with Gasteiger partial charge in [0.25, 0.3) is 0 Å². The van der Waals surface area contributed by atoms with Crippen LogP contribution in [0.15, 0.2) is 189 Å². The van der Waals surface area contributed by atoms with Crippen LogP contribution in [0.25, 0.3) is 105 Å². The van der Waals surface area contributed by atoms with Crippen LogP contribution < -0.4 is 0 Å². The molecule has 0 N–H and O–H groups in total. The van der Waals surface area contributed by atoms with Crippen LogP contribution in [0, 0.1) is 13.8 Å². The fourth-order valence-electron chi connectivity index (χ4n) is 9.32. The predicted octanol–water partition coefficient (Wildman–Crippen LogP) is 14.2. The largest absolute Gasteiger partial charge is 0.305 e. The molecular formula is C54H37N3. The van der Waals surface area contributed by atoms with Gasteiger partial charge in [0.05, 0.1) is 28.9 Å². The standard InChI is InChI=1S/C54H37N3/c1-34-26-40(36-16-7-3-8-17-36)28-44(38-20-11-5-12-21-38)50(34)46-30-55-32-48-52(46)42-24-15-25-43-53-47(31-56-33-49(53)57(48)54(42)43)51-35(2)27-41(37-18-9-4-10-19-37)29-45(51)39-22-13-6-14-23-39/h3-33H,1-2H3. The lowest BCUT2D eigenvalue weighted by atomic mass is 9.86. The molecule has 4 heterocycles. The minimum Gasteiger partial charge on any atom is -0.305 e. The topological polar surface area (TPSA) is 30.2 Å². The molecule has 0 radical (unpaired) electrons. The second-order valence-corrected chi connectivity index (χ2v) is 15.1. The van der Waals surface area contributed by atoms with Gasteiger partial charge < -0.3 is 4.40 Å². The van der Waals surface area contributed by atoms with E-state index in [-0.39, 0.29) is 0 Å². The summed E-state index contributed by atoms with van der Waals surface area (Å²) in [7, 11) is 0. The number of fused-ring (bicyclic) bond motifs is 6. The summed E-state index contributed by atoms with van der Waals surface area (Å²) in [6.45, 7) is 4.48. The lowest BCUT2D eigenvalue weighted by Gasteiger charge is -2.18. The maximum absolute atomic E-state index is 4.99. The predicted molar refractivity (Wildman–Crippen MR) is 239 cm³/mol. The van der Waals surface area contributed by atoms with E-state index in [1.54, 1.807) is 0 Å². The number of hydrogen-bond donors (Lipinski definition) is 0. The Labute approximate surface area is 331 Å². The van der Waals surface area contributed by atoms with Gasteiger partial charge in [-0.1, -0.05) is 152 Å². The molecule has 11 rings (SSSR count). The van der Waals surface area contributed by atoms with E-state index in [1.807, 2.05) is 12.4 Å². The van der Waals surface area contributed by atoms with Crippen LogP contribution in [0.4, 0.5) is 0 Å². The van der Waals surface area contributed by atoms with Crippen molar-refractivity contribution in [3.8, 4) is 66.8 Å². The zero-order valence-corrected chi connectivity index (χ0v) is 31.7. The molecule has 7 aromatic carbocycles. The summed E-state index contributed by atoms with van der Waals surface area (Å²) in [5.41, 5.74) is 20.1. The molecule has 0 amide bonds. The smallest absolute Gasteiger partial charge is 0.0731 e. The molecule has 0 fully saturated rings. The Morgan fingerprint density at radius 2 is 0.737 bits per heavy atom. The van der Waals surface area contributed by atoms with Crippen molar-refractivity contribution in [1.82, 2.24) is 14.4 Å². The fraction of sp³-hybridized carbons (Fsp3) is 0.0370. The highest BCUT2D eigenvalue weighted by Gasteiger charge is 2.25. The molecular weight excluding hydrogens is 691 g/mol. The van der Waals surface area contributed by atoms with Crippen LogP contribution in [0.3, 0.4) is 0 Å². The van der Waals surface area contributed by atoms with Crippen molar-refractivity contribution in [1.29, 1.82) is 0 Å². The van der Waals surface area contributed by atoms with E-state index in [0.717, 1.165) is 22.2 Å². The zero-order valence-electron chi connectivity index (χ0n) is 31.7. The van der Waals surface area contributed by atoms with Crippen LogP contribution in [-0.4, -0.2) is 14.4 Å². The molecule has 268 valence electrons. The van der Waals surface area contributed by atoms with E-state index in [4.69, 9.17) is 9.97 Å². The summed E-state index contributed by atoms with van der Waals surface area (Å²) in [6, 6.07) is 59.0. The highest BCUT2D eigenvalue weighted by Crippen LogP contribution is 2.49. The lowest BCUT2D eigenvalue weighted by molar-refractivity contribution is 1.27. The SMILES string of the molecule is Cc1cc(-c2ccccc2)cc(-c2ccccc2)c1-c1cncc2c1c1cccc3c4c(-c5c(C)cc(-c6ccccc6)cc5-c5ccccc5)cncc4n2c13. The van der Waals surface area contributed by atoms with Gasteiger partial charge in [0.15, 0.2) is 0 Å². The number of nitrogens with zero attached hydrogens (tertiary/aromatic N) is 3. The molecule has 0 spiro atoms. The highest BCUT2D eigenvalue weighted by molar-refractivity contribution is 6.28. The Morgan fingerprint density at radius 3 is 1.14 bits per heavy atom. The maximum atomic E-state index is 4.99. The van der Waals surface area contributed by atoms with Crippen molar-refractivity contribution in [2.75, 3.05) is 0 Å². The average Bonchev–Trinajstić information content (AvgIpc) is 3.80. The van der Waals surface area contributed by atoms with Crippen molar-refractivity contribution >= 4 is 38.1 Å². The quantitative estimate of drug-likeness (QED) is 0.171. The van der Waals surface area contributed by atoms with Gasteiger partial charge in [-0.2, -0.15) is 0 Å². The van der Waals surface area contributed by atoms with Crippen molar-refractivity contribution in [2.24, 2.45) is 0 Å². The second kappa shape index (κ2) is 13.1. The monoisotopic (exact) mass is 727 g/mol. The highest BCUT2D eigenvalue weighted by atomic mass is 14.9. The summed E-state index contributed by atoms with van der Waals surface area (Å²) in [5.74, 6) is 0. The summed E-state index contributed by atoms with van der Waals surface area (Å²) in [6.07, 6.45) is 8.21. The van der Waals surface area contributed by atoms with Crippen LogP contribution in [-0.2, 0) is 0 Å². The van der Waals surface area contributed by atoms with E-state index >= 15 is 0 Å². The number of pyridine rings is 2. The Balaban J connectivity index is 1.19. The molecule has 0 aliphatic carbocycles. The van der Waals surface area contributed by atoms with E-state index in [2.05, 4.69) is 194 Å². The first-order chi connectivity index (χ1) is 28.1. The average molecular weight is 728 g/mol. The van der Waals surface area contributed by atoms with E-state index in [0.29, 0.717) is 0 Å². The number of para-hydroxylation sites is 1. The second-order valence-electron chi connectivity index (χ2n) is 15.1. The number of hydrogen-bond acceptors (Lipinski definition) is 2. The van der Waals surface area contributed by atoms with Crippen molar-refractivity contribution in [2.45, 2.75) is 13.8 Å². The Hall–Kier alpha value is -7.36. The molecule has 0 aliphatic rings. The molecule has 0 bridgehead atoms. The zero-order chi connectivity index (χ0) is 38.0. The number of rotatable bonds is 6. The summed E-state index contributed by atoms with van der Waals surface area (Å²) < 4.78 is 2.41. The van der Waals surface area contributed by atoms with Crippen LogP contribution in [0.1, 0.15) is 11.1 Å². The van der Waals surface area contributed by atoms with Crippen LogP contribution >= 0.6 is 0 Å². The van der Waals surface area contributed by atoms with Gasteiger partial charge in [-0.15, -0.1) is 0 Å². The van der Waals surface area contributed by atoms with Crippen molar-refractivity contribution in [3.63, 3.8) is 0 Å². The van der Waals surface area contributed by atoms with Crippen LogP contribution in [0.5, 0.6) is 0 Å². The molecule has 0 unspecified atom stereocenters. The third kappa shape index (κ3) is 5.20. The minimum absolute atomic E-state index is 1.08. The Bertz CT molecular complexity index is 3060. The molecule has 4 aromatic heterocycles. The van der Waals surface area contributed by atoms with Gasteiger partial charge in [-0.3, -0.25) is 9.97 Å². The first kappa shape index (κ1) is 33.0. The maximum Gasteiger partial charge on any atom is 0.0731 e. The number of benzene rings is 7. The van der Waals surface area contributed by atoms with Crippen molar-refractivity contribution in [3.05, 3.63) is 200 Å². The van der Waals surface area contributed by atoms with Gasteiger partial charge in [-0.05, 0) is 92.7 Å². The summed E-state index contributed by atoms with van der Waals surface area (Å²) in [5, 5.41) is 4.84. The molecule has 3 nitrogen and oxygen atoms in total. The Kier molecular flexibility index (Phi) is 7.61. The van der Waals surface area contributed by atoms with Crippen LogP contribution in [0.2, 0.25) is 0 Å². The van der Waals surface area contributed by atoms with Gasteiger partial charge in [0.1, 0.15) is 0 Å². The Morgan fingerprint density at radius 1 is 0.351 bits per heavy atom. The third-order valence-corrected chi connectivity index (χ3v) is 11.7. The summed E-state index contributed by atoms with van der Waals surface area (Å²) >= 11 is 0. The van der Waals surface area contributed by atoms with E-state index in [1.165, 1.54) is 93.8 Å². The molecule has 0 saturated heterocycles. The van der Waals surface area contributed by atoms with E-state index < -0.39 is 0 Å². The van der Waals surface area contributed by atoms with Gasteiger partial charge in [-0.25, -0.2) is 0 Å². The normalized spacial score (nSPS) is 11.7. The van der Waals surface area contributed by atoms with E-state index in [9.17, 15) is 0 Å². The number of aromatic nitrogens is 3. The molecule has 0 atom stereocenters.